The Kier molecular flexibility index (Phi) is 6.98. The lowest BCUT2D eigenvalue weighted by atomic mass is 10.2. The standard InChI is InChI=1S/C26H24N4O4/c1-2-15-34-23-13-9-20(10-14-23)26(31)28-27-16-21-18-29(25-6-4-3-5-24(21)25)17-19-7-11-22(12-8-19)30(32)33/h3-14,16,18H,2,15,17H2,1H3,(H,28,31)/b27-16+. The summed E-state index contributed by atoms with van der Waals surface area (Å²) in [5.74, 6) is 0.413. The van der Waals surface area contributed by atoms with E-state index in [4.69, 9.17) is 4.74 Å². The van der Waals surface area contributed by atoms with Crippen molar-refractivity contribution in [1.82, 2.24) is 9.99 Å². The van der Waals surface area contributed by atoms with Gasteiger partial charge in [-0.3, -0.25) is 14.9 Å². The SMILES string of the molecule is CCCOc1ccc(C(=O)N/N=C/c2cn(Cc3ccc([N+](=O)[O-])cc3)c3ccccc23)cc1. The van der Waals surface area contributed by atoms with Crippen LogP contribution in [0.1, 0.15) is 34.8 Å². The first-order valence-electron chi connectivity index (χ1n) is 10.9. The molecular weight excluding hydrogens is 432 g/mol. The van der Waals surface area contributed by atoms with Crippen molar-refractivity contribution in [1.29, 1.82) is 0 Å². The van der Waals surface area contributed by atoms with Crippen LogP contribution < -0.4 is 10.2 Å². The van der Waals surface area contributed by atoms with E-state index < -0.39 is 4.92 Å². The molecule has 0 aliphatic heterocycles. The fourth-order valence-corrected chi connectivity index (χ4v) is 3.58. The molecule has 0 saturated heterocycles. The third-order valence-corrected chi connectivity index (χ3v) is 5.28. The zero-order valence-electron chi connectivity index (χ0n) is 18.7. The van der Waals surface area contributed by atoms with Crippen LogP contribution in [0.15, 0.2) is 84.1 Å². The molecule has 1 amide bonds. The number of hydrogen-bond donors (Lipinski definition) is 1. The van der Waals surface area contributed by atoms with Crippen LogP contribution in [0, 0.1) is 10.1 Å². The number of benzene rings is 3. The summed E-state index contributed by atoms with van der Waals surface area (Å²) in [6.07, 6.45) is 4.48. The fraction of sp³-hybridized carbons (Fsp3) is 0.154. The summed E-state index contributed by atoms with van der Waals surface area (Å²) in [5.41, 5.74) is 5.90. The minimum absolute atomic E-state index is 0.0628. The molecule has 34 heavy (non-hydrogen) atoms. The second-order valence-corrected chi connectivity index (χ2v) is 7.73. The molecule has 0 aliphatic carbocycles. The quantitative estimate of drug-likeness (QED) is 0.214. The lowest BCUT2D eigenvalue weighted by Crippen LogP contribution is -2.17. The van der Waals surface area contributed by atoms with Crippen LogP contribution >= 0.6 is 0 Å². The average Bonchev–Trinajstić information content (AvgIpc) is 3.20. The minimum Gasteiger partial charge on any atom is -0.494 e. The molecule has 8 nitrogen and oxygen atoms in total. The van der Waals surface area contributed by atoms with Crippen molar-refractivity contribution in [3.8, 4) is 5.75 Å². The first kappa shape index (κ1) is 22.7. The van der Waals surface area contributed by atoms with Crippen molar-refractivity contribution in [2.45, 2.75) is 19.9 Å². The minimum atomic E-state index is -0.410. The third-order valence-electron chi connectivity index (χ3n) is 5.28. The van der Waals surface area contributed by atoms with Crippen LogP contribution in [0.25, 0.3) is 10.9 Å². The lowest BCUT2D eigenvalue weighted by molar-refractivity contribution is -0.384. The number of carbonyl (C=O) groups excluding carboxylic acids is 1. The molecule has 3 aromatic carbocycles. The summed E-state index contributed by atoms with van der Waals surface area (Å²) in [5, 5.41) is 16.0. The number of nitro groups is 1. The Bertz CT molecular complexity index is 1330. The third kappa shape index (κ3) is 5.29. The molecule has 0 atom stereocenters. The zero-order chi connectivity index (χ0) is 23.9. The van der Waals surface area contributed by atoms with Crippen molar-refractivity contribution in [3.05, 3.63) is 106 Å². The van der Waals surface area contributed by atoms with Gasteiger partial charge in [-0.2, -0.15) is 5.10 Å². The molecule has 172 valence electrons. The topological polar surface area (TPSA) is 98.8 Å². The van der Waals surface area contributed by atoms with Gasteiger partial charge >= 0.3 is 0 Å². The predicted octanol–water partition coefficient (Wildman–Crippen LogP) is 5.15. The van der Waals surface area contributed by atoms with Gasteiger partial charge in [-0.15, -0.1) is 0 Å². The van der Waals surface area contributed by atoms with Crippen LogP contribution in [0.3, 0.4) is 0 Å². The first-order valence-corrected chi connectivity index (χ1v) is 10.9. The highest BCUT2D eigenvalue weighted by atomic mass is 16.6. The molecular formula is C26H24N4O4. The number of fused-ring (bicyclic) bond motifs is 1. The van der Waals surface area contributed by atoms with Crippen LogP contribution in [0.4, 0.5) is 5.69 Å². The number of aromatic nitrogens is 1. The molecule has 0 radical (unpaired) electrons. The van der Waals surface area contributed by atoms with E-state index in [1.54, 1.807) is 42.6 Å². The number of hydrogen-bond acceptors (Lipinski definition) is 5. The number of amides is 1. The Morgan fingerprint density at radius 2 is 1.82 bits per heavy atom. The van der Waals surface area contributed by atoms with Crippen molar-refractivity contribution < 1.29 is 14.5 Å². The van der Waals surface area contributed by atoms with Gasteiger partial charge in [0.2, 0.25) is 0 Å². The van der Waals surface area contributed by atoms with Crippen molar-refractivity contribution in [3.63, 3.8) is 0 Å². The van der Waals surface area contributed by atoms with E-state index in [1.807, 2.05) is 37.4 Å². The highest BCUT2D eigenvalue weighted by Crippen LogP contribution is 2.22. The number of nitro benzene ring substituents is 1. The summed E-state index contributed by atoms with van der Waals surface area (Å²) in [6.45, 7) is 3.21. The number of carbonyl (C=O) groups is 1. The van der Waals surface area contributed by atoms with Crippen molar-refractivity contribution in [2.75, 3.05) is 6.61 Å². The van der Waals surface area contributed by atoms with E-state index in [2.05, 4.69) is 15.1 Å². The number of nitrogens with one attached hydrogen (secondary N) is 1. The maximum Gasteiger partial charge on any atom is 0.271 e. The Balaban J connectivity index is 1.47. The maximum atomic E-state index is 12.4. The number of rotatable bonds is 9. The molecule has 0 bridgehead atoms. The van der Waals surface area contributed by atoms with E-state index in [0.717, 1.165) is 34.2 Å². The van der Waals surface area contributed by atoms with Gasteiger partial charge < -0.3 is 9.30 Å². The van der Waals surface area contributed by atoms with E-state index >= 15 is 0 Å². The van der Waals surface area contributed by atoms with Crippen LogP contribution in [0.2, 0.25) is 0 Å². The molecule has 0 aliphatic rings. The monoisotopic (exact) mass is 456 g/mol. The molecule has 1 heterocycles. The first-order chi connectivity index (χ1) is 16.5. The summed E-state index contributed by atoms with van der Waals surface area (Å²) in [4.78, 5) is 22.9. The second-order valence-electron chi connectivity index (χ2n) is 7.73. The molecule has 0 unspecified atom stereocenters. The van der Waals surface area contributed by atoms with Gasteiger partial charge in [0.05, 0.1) is 17.7 Å². The zero-order valence-corrected chi connectivity index (χ0v) is 18.7. The van der Waals surface area contributed by atoms with Crippen molar-refractivity contribution in [2.24, 2.45) is 5.10 Å². The fourth-order valence-electron chi connectivity index (χ4n) is 3.58. The molecule has 1 N–H and O–H groups in total. The van der Waals surface area contributed by atoms with Gasteiger partial charge in [0.15, 0.2) is 0 Å². The second kappa shape index (κ2) is 10.4. The maximum absolute atomic E-state index is 12.4. The molecule has 0 spiro atoms. The Hall–Kier alpha value is -4.46. The number of para-hydroxylation sites is 1. The molecule has 0 saturated carbocycles. The van der Waals surface area contributed by atoms with E-state index in [1.165, 1.54) is 12.1 Å². The van der Waals surface area contributed by atoms with Crippen LogP contribution in [0.5, 0.6) is 5.75 Å². The number of nitrogens with zero attached hydrogens (tertiary/aromatic N) is 3. The molecule has 1 aromatic heterocycles. The van der Waals surface area contributed by atoms with Gasteiger partial charge in [0.1, 0.15) is 5.75 Å². The summed E-state index contributed by atoms with van der Waals surface area (Å²) < 4.78 is 7.59. The number of non-ortho nitro benzene ring substituents is 1. The Morgan fingerprint density at radius 1 is 1.09 bits per heavy atom. The highest BCUT2D eigenvalue weighted by Gasteiger charge is 2.10. The van der Waals surface area contributed by atoms with Gasteiger partial charge in [-0.05, 0) is 42.3 Å². The van der Waals surface area contributed by atoms with Crippen LogP contribution in [-0.2, 0) is 6.54 Å². The van der Waals surface area contributed by atoms with E-state index in [-0.39, 0.29) is 11.6 Å². The lowest BCUT2D eigenvalue weighted by Gasteiger charge is -2.05. The molecule has 4 rings (SSSR count). The summed E-state index contributed by atoms with van der Waals surface area (Å²) in [6, 6.07) is 21.3. The predicted molar refractivity (Wildman–Crippen MR) is 131 cm³/mol. The largest absolute Gasteiger partial charge is 0.494 e. The van der Waals surface area contributed by atoms with E-state index in [0.29, 0.717) is 18.7 Å². The number of ether oxygens (including phenoxy) is 1. The highest BCUT2D eigenvalue weighted by molar-refractivity contribution is 6.00. The normalized spacial score (nSPS) is 11.1. The van der Waals surface area contributed by atoms with Crippen LogP contribution in [-0.4, -0.2) is 28.2 Å². The van der Waals surface area contributed by atoms with Gasteiger partial charge in [0.25, 0.3) is 11.6 Å². The Morgan fingerprint density at radius 3 is 2.53 bits per heavy atom. The Labute approximate surface area is 196 Å². The van der Waals surface area contributed by atoms with Gasteiger partial charge in [-0.1, -0.05) is 37.3 Å². The molecule has 8 heteroatoms. The number of hydrazone groups is 1. The average molecular weight is 457 g/mol. The van der Waals surface area contributed by atoms with Gasteiger partial charge in [0, 0.05) is 46.9 Å². The summed E-state index contributed by atoms with van der Waals surface area (Å²) in [7, 11) is 0. The van der Waals surface area contributed by atoms with Crippen molar-refractivity contribution >= 4 is 28.7 Å². The smallest absolute Gasteiger partial charge is 0.271 e. The molecule has 4 aromatic rings. The molecule has 0 fully saturated rings. The van der Waals surface area contributed by atoms with Gasteiger partial charge in [-0.25, -0.2) is 5.43 Å². The van der Waals surface area contributed by atoms with E-state index in [9.17, 15) is 14.9 Å². The summed E-state index contributed by atoms with van der Waals surface area (Å²) >= 11 is 0.